The minimum absolute atomic E-state index is 1.11. The molecule has 0 amide bonds. The number of fused-ring (bicyclic) bond motifs is 4. The summed E-state index contributed by atoms with van der Waals surface area (Å²) in [6.45, 7) is 0. The average molecular weight is 706 g/mol. The Bertz CT molecular complexity index is 2910. The molecule has 0 atom stereocenters. The van der Waals surface area contributed by atoms with E-state index in [1.807, 2.05) is 11.3 Å². The highest BCUT2D eigenvalue weighted by Gasteiger charge is 2.20. The topological polar surface area (TPSA) is 3.24 Å². The van der Waals surface area contributed by atoms with Gasteiger partial charge in [0.1, 0.15) is 0 Å². The quantitative estimate of drug-likeness (QED) is 0.160. The number of hydrogen-bond donors (Lipinski definition) is 0. The third-order valence-electron chi connectivity index (χ3n) is 10.5. The second-order valence-corrected chi connectivity index (χ2v) is 14.8. The van der Waals surface area contributed by atoms with Crippen molar-refractivity contribution < 1.29 is 0 Å². The summed E-state index contributed by atoms with van der Waals surface area (Å²) < 4.78 is 2.58. The molecule has 0 unspecified atom stereocenters. The maximum Gasteiger partial charge on any atom is 0.0554 e. The van der Waals surface area contributed by atoms with Gasteiger partial charge in [0.05, 0.1) is 5.69 Å². The molecule has 0 fully saturated rings. The van der Waals surface area contributed by atoms with Crippen LogP contribution in [-0.2, 0) is 0 Å². The second-order valence-electron chi connectivity index (χ2n) is 13.7. The van der Waals surface area contributed by atoms with Crippen LogP contribution in [-0.4, -0.2) is 0 Å². The lowest BCUT2D eigenvalue weighted by Crippen LogP contribution is -2.10. The summed E-state index contributed by atoms with van der Waals surface area (Å²) in [4.78, 5) is 2.44. The van der Waals surface area contributed by atoms with Crippen LogP contribution in [0.4, 0.5) is 17.1 Å². The standard InChI is InChI=1S/C52H35NS/c1-3-13-36(14-4-1)37-25-27-38(28-26-37)42-18-11-19-44(35-42)53(48-22-12-24-50-52(48)47-21-9-10-23-49(47)54-50)43-32-29-40(30-33-43)46-34-31-39-15-7-8-20-45(39)51(46)41-16-5-2-6-17-41/h1-35H. The Kier molecular flexibility index (Phi) is 8.09. The van der Waals surface area contributed by atoms with Crippen LogP contribution in [0, 0.1) is 0 Å². The Hall–Kier alpha value is -6.74. The highest BCUT2D eigenvalue weighted by atomic mass is 32.1. The molecule has 0 saturated carbocycles. The van der Waals surface area contributed by atoms with Crippen molar-refractivity contribution in [2.45, 2.75) is 0 Å². The minimum atomic E-state index is 1.11. The van der Waals surface area contributed by atoms with E-state index in [0.29, 0.717) is 0 Å². The summed E-state index contributed by atoms with van der Waals surface area (Å²) in [6, 6.07) is 77.1. The first-order valence-corrected chi connectivity index (χ1v) is 19.2. The monoisotopic (exact) mass is 705 g/mol. The largest absolute Gasteiger partial charge is 0.310 e. The lowest BCUT2D eigenvalue weighted by molar-refractivity contribution is 1.30. The molecule has 0 bridgehead atoms. The lowest BCUT2D eigenvalue weighted by Gasteiger charge is -2.27. The Balaban J connectivity index is 1.12. The smallest absolute Gasteiger partial charge is 0.0554 e. The first kappa shape index (κ1) is 32.0. The second kappa shape index (κ2) is 13.7. The van der Waals surface area contributed by atoms with Crippen molar-refractivity contribution in [2.75, 3.05) is 4.90 Å². The van der Waals surface area contributed by atoms with Crippen LogP contribution in [0.25, 0.3) is 75.5 Å². The van der Waals surface area contributed by atoms with E-state index in [9.17, 15) is 0 Å². The van der Waals surface area contributed by atoms with Crippen LogP contribution in [0.5, 0.6) is 0 Å². The van der Waals surface area contributed by atoms with Gasteiger partial charge in [-0.05, 0) is 97.7 Å². The molecule has 254 valence electrons. The van der Waals surface area contributed by atoms with Crippen molar-refractivity contribution >= 4 is 59.3 Å². The predicted octanol–water partition coefficient (Wildman–Crippen LogP) is 15.3. The average Bonchev–Trinajstić information content (AvgIpc) is 3.64. The van der Waals surface area contributed by atoms with E-state index in [1.165, 1.54) is 81.1 Å². The van der Waals surface area contributed by atoms with Crippen LogP contribution < -0.4 is 4.90 Å². The first-order chi connectivity index (χ1) is 26.8. The van der Waals surface area contributed by atoms with E-state index >= 15 is 0 Å². The van der Waals surface area contributed by atoms with Crippen LogP contribution in [0.2, 0.25) is 0 Å². The van der Waals surface area contributed by atoms with Crippen LogP contribution >= 0.6 is 11.3 Å². The molecule has 0 saturated heterocycles. The third-order valence-corrected chi connectivity index (χ3v) is 11.6. The molecule has 0 aliphatic heterocycles. The summed E-state index contributed by atoms with van der Waals surface area (Å²) in [5.41, 5.74) is 13.1. The summed E-state index contributed by atoms with van der Waals surface area (Å²) in [5, 5.41) is 5.07. The Morgan fingerprint density at radius 3 is 1.69 bits per heavy atom. The molecule has 10 rings (SSSR count). The third kappa shape index (κ3) is 5.74. The Morgan fingerprint density at radius 2 is 0.907 bits per heavy atom. The number of benzene rings is 9. The maximum atomic E-state index is 2.44. The van der Waals surface area contributed by atoms with Gasteiger partial charge in [-0.25, -0.2) is 0 Å². The zero-order valence-electron chi connectivity index (χ0n) is 29.6. The van der Waals surface area contributed by atoms with Gasteiger partial charge in [0.15, 0.2) is 0 Å². The summed E-state index contributed by atoms with van der Waals surface area (Å²) in [5.74, 6) is 0. The lowest BCUT2D eigenvalue weighted by atomic mass is 9.90. The predicted molar refractivity (Wildman–Crippen MR) is 233 cm³/mol. The van der Waals surface area contributed by atoms with Crippen LogP contribution in [0.3, 0.4) is 0 Å². The highest BCUT2D eigenvalue weighted by molar-refractivity contribution is 7.26. The van der Waals surface area contributed by atoms with Gasteiger partial charge >= 0.3 is 0 Å². The highest BCUT2D eigenvalue weighted by Crippen LogP contribution is 2.46. The van der Waals surface area contributed by atoms with Gasteiger partial charge in [0.2, 0.25) is 0 Å². The van der Waals surface area contributed by atoms with Crippen molar-refractivity contribution in [3.05, 3.63) is 212 Å². The molecule has 0 spiro atoms. The van der Waals surface area contributed by atoms with Crippen LogP contribution in [0.1, 0.15) is 0 Å². The van der Waals surface area contributed by atoms with Crippen molar-refractivity contribution in [1.82, 2.24) is 0 Å². The minimum Gasteiger partial charge on any atom is -0.310 e. The van der Waals surface area contributed by atoms with E-state index in [2.05, 4.69) is 217 Å². The van der Waals surface area contributed by atoms with E-state index < -0.39 is 0 Å². The molecule has 1 heterocycles. The fourth-order valence-electron chi connectivity index (χ4n) is 7.90. The number of thiophene rings is 1. The number of nitrogens with zero attached hydrogens (tertiary/aromatic N) is 1. The van der Waals surface area contributed by atoms with Crippen molar-refractivity contribution in [3.8, 4) is 44.5 Å². The zero-order valence-corrected chi connectivity index (χ0v) is 30.4. The molecular formula is C52H35NS. The normalized spacial score (nSPS) is 11.3. The van der Waals surface area contributed by atoms with Gasteiger partial charge in [-0.15, -0.1) is 11.3 Å². The molecule has 1 aromatic heterocycles. The van der Waals surface area contributed by atoms with Gasteiger partial charge in [-0.1, -0.05) is 170 Å². The van der Waals surface area contributed by atoms with Crippen molar-refractivity contribution in [3.63, 3.8) is 0 Å². The van der Waals surface area contributed by atoms with Gasteiger partial charge in [-0.2, -0.15) is 0 Å². The molecule has 0 N–H and O–H groups in total. The van der Waals surface area contributed by atoms with Gasteiger partial charge in [0.25, 0.3) is 0 Å². The van der Waals surface area contributed by atoms with Gasteiger partial charge in [-0.3, -0.25) is 0 Å². The molecule has 0 aliphatic rings. The molecule has 0 radical (unpaired) electrons. The van der Waals surface area contributed by atoms with Crippen molar-refractivity contribution in [2.24, 2.45) is 0 Å². The number of hydrogen-bond acceptors (Lipinski definition) is 2. The van der Waals surface area contributed by atoms with E-state index in [-0.39, 0.29) is 0 Å². The Morgan fingerprint density at radius 1 is 0.333 bits per heavy atom. The zero-order chi connectivity index (χ0) is 35.8. The summed E-state index contributed by atoms with van der Waals surface area (Å²) in [7, 11) is 0. The fraction of sp³-hybridized carbons (Fsp3) is 0. The molecule has 54 heavy (non-hydrogen) atoms. The first-order valence-electron chi connectivity index (χ1n) is 18.4. The fourth-order valence-corrected chi connectivity index (χ4v) is 9.02. The molecule has 9 aromatic carbocycles. The molecular weight excluding hydrogens is 671 g/mol. The summed E-state index contributed by atoms with van der Waals surface area (Å²) >= 11 is 1.86. The van der Waals surface area contributed by atoms with Gasteiger partial charge < -0.3 is 4.90 Å². The van der Waals surface area contributed by atoms with E-state index in [4.69, 9.17) is 0 Å². The Labute approximate surface area is 319 Å². The van der Waals surface area contributed by atoms with Crippen LogP contribution in [0.15, 0.2) is 212 Å². The van der Waals surface area contributed by atoms with Crippen molar-refractivity contribution in [1.29, 1.82) is 0 Å². The number of anilines is 3. The van der Waals surface area contributed by atoms with Gasteiger partial charge in [0, 0.05) is 31.5 Å². The molecule has 0 aliphatic carbocycles. The summed E-state index contributed by atoms with van der Waals surface area (Å²) in [6.07, 6.45) is 0. The maximum absolute atomic E-state index is 2.44. The van der Waals surface area contributed by atoms with E-state index in [0.717, 1.165) is 11.4 Å². The SMILES string of the molecule is c1ccc(-c2ccc(-c3cccc(N(c4ccc(-c5ccc6ccccc6c5-c5ccccc5)cc4)c4cccc5sc6ccccc6c45)c3)cc2)cc1. The molecule has 2 heteroatoms. The van der Waals surface area contributed by atoms with E-state index in [1.54, 1.807) is 0 Å². The number of rotatable bonds is 7. The molecule has 1 nitrogen and oxygen atoms in total. The molecule has 10 aromatic rings.